The van der Waals surface area contributed by atoms with Crippen molar-refractivity contribution in [3.05, 3.63) is 53.3 Å². The molecule has 0 bridgehead atoms. The summed E-state index contributed by atoms with van der Waals surface area (Å²) in [6, 6.07) is 13.1. The molecular weight excluding hydrogens is 586 g/mol. The van der Waals surface area contributed by atoms with Crippen molar-refractivity contribution >= 4 is 29.6 Å². The average Bonchev–Trinajstić information content (AvgIpc) is 3.02. The normalized spacial score (nSPS) is 24.6. The Morgan fingerprint density at radius 1 is 1.20 bits per heavy atom. The number of aliphatic imine (C=N–C) groups is 2. The summed E-state index contributed by atoms with van der Waals surface area (Å²) >= 11 is 0. The van der Waals surface area contributed by atoms with Crippen LogP contribution in [0.5, 0.6) is 5.75 Å². The number of nitriles is 1. The molecule has 14 heteroatoms. The van der Waals surface area contributed by atoms with Crippen LogP contribution < -0.4 is 20.3 Å². The fourth-order valence-corrected chi connectivity index (χ4v) is 5.86. The lowest BCUT2D eigenvalue weighted by atomic mass is 10.0. The third kappa shape index (κ3) is 6.85. The van der Waals surface area contributed by atoms with Gasteiger partial charge in [0.25, 0.3) is 5.91 Å². The first-order valence-electron chi connectivity index (χ1n) is 15.1. The molecule has 4 aliphatic heterocycles. The molecule has 3 N–H and O–H groups in total. The van der Waals surface area contributed by atoms with Crippen LogP contribution in [0.2, 0.25) is 0 Å². The topological polar surface area (TPSA) is 138 Å². The van der Waals surface area contributed by atoms with E-state index in [1.807, 2.05) is 18.2 Å². The molecule has 2 aromatic carbocycles. The third-order valence-corrected chi connectivity index (χ3v) is 8.52. The Bertz CT molecular complexity index is 1490. The van der Waals surface area contributed by atoms with Crippen molar-refractivity contribution in [3.8, 4) is 11.8 Å². The molecule has 0 aliphatic carbocycles. The Kier molecular flexibility index (Phi) is 9.11. The van der Waals surface area contributed by atoms with E-state index in [1.54, 1.807) is 0 Å². The summed E-state index contributed by atoms with van der Waals surface area (Å²) in [5, 5.41) is 25.5. The molecule has 3 saturated heterocycles. The van der Waals surface area contributed by atoms with E-state index in [2.05, 4.69) is 42.6 Å². The minimum absolute atomic E-state index is 0.0808. The number of aliphatic hydroxyl groups excluding tert-OH is 1. The van der Waals surface area contributed by atoms with Gasteiger partial charge < -0.3 is 35.0 Å². The maximum atomic E-state index is 15.3. The molecule has 0 aromatic heterocycles. The summed E-state index contributed by atoms with van der Waals surface area (Å²) in [5.41, 5.74) is 2.16. The molecule has 0 radical (unpaired) electrons. The van der Waals surface area contributed by atoms with E-state index in [0.717, 1.165) is 50.8 Å². The number of benzene rings is 2. The highest BCUT2D eigenvalue weighted by molar-refractivity contribution is 6.01. The molecule has 0 spiro atoms. The Morgan fingerprint density at radius 3 is 2.60 bits per heavy atom. The molecule has 4 heterocycles. The monoisotopic (exact) mass is 622 g/mol. The molecule has 3 fully saturated rings. The van der Waals surface area contributed by atoms with Crippen LogP contribution in [0.25, 0.3) is 0 Å². The maximum absolute atomic E-state index is 15.3. The van der Waals surface area contributed by atoms with Gasteiger partial charge in [0, 0.05) is 56.1 Å². The molecule has 45 heavy (non-hydrogen) atoms. The zero-order chi connectivity index (χ0) is 31.5. The molecule has 12 nitrogen and oxygen atoms in total. The highest BCUT2D eigenvalue weighted by Crippen LogP contribution is 2.32. The highest BCUT2D eigenvalue weighted by Gasteiger charge is 2.35. The lowest BCUT2D eigenvalue weighted by Gasteiger charge is -2.43. The Labute approximate surface area is 259 Å². The highest BCUT2D eigenvalue weighted by atomic mass is 19.1. The van der Waals surface area contributed by atoms with Crippen molar-refractivity contribution in [3.63, 3.8) is 0 Å². The number of halogens is 2. The number of nitrogens with zero attached hydrogens (tertiary/aromatic N) is 6. The van der Waals surface area contributed by atoms with E-state index in [4.69, 9.17) is 9.47 Å². The van der Waals surface area contributed by atoms with Gasteiger partial charge in [-0.2, -0.15) is 5.26 Å². The van der Waals surface area contributed by atoms with Crippen LogP contribution in [0.4, 0.5) is 20.2 Å². The fourth-order valence-electron chi connectivity index (χ4n) is 5.86. The number of carbonyl (C=O) groups excluding carboxylic acids is 1. The minimum Gasteiger partial charge on any atom is -0.483 e. The molecule has 1 amide bonds. The van der Waals surface area contributed by atoms with Crippen LogP contribution in [-0.4, -0.2) is 110 Å². The summed E-state index contributed by atoms with van der Waals surface area (Å²) in [4.78, 5) is 26.9. The molecule has 0 saturated carbocycles. The first kappa shape index (κ1) is 30.7. The Balaban J connectivity index is 1.08. The van der Waals surface area contributed by atoms with Crippen LogP contribution in [-0.2, 0) is 9.53 Å². The second kappa shape index (κ2) is 13.4. The lowest BCUT2D eigenvalue weighted by molar-refractivity contribution is -0.143. The molecule has 238 valence electrons. The molecule has 2 unspecified atom stereocenters. The number of piperidine rings is 1. The number of hydrogen-bond acceptors (Lipinski definition) is 11. The first-order chi connectivity index (χ1) is 21.8. The number of alkyl halides is 1. The standard InChI is InChI=1S/C31H36F2N8O4/c1-19(42)30(43)41-7-6-27(26(33)15-41)45-28-21(14-34)12-20(13-25(28)32)29-35-18-36-31(38-29)37-22-2-4-23(5-3-22)39-8-10-40(11-9-39)24-16-44-17-24/h2-5,12-13,18-19,24,26-27,29,42H,6-11,15-17H2,1H3,(H2,35,36,37,38)/t19?,26-,27+,29?/m1/s1. The predicted molar refractivity (Wildman–Crippen MR) is 164 cm³/mol. The van der Waals surface area contributed by atoms with Crippen molar-refractivity contribution in [2.45, 2.75) is 43.9 Å². The summed E-state index contributed by atoms with van der Waals surface area (Å²) in [6.07, 6.45) is -3.22. The molecule has 6 rings (SSSR count). The van der Waals surface area contributed by atoms with Gasteiger partial charge in [-0.05, 0) is 43.3 Å². The van der Waals surface area contributed by atoms with E-state index in [9.17, 15) is 19.6 Å². The fraction of sp³-hybridized carbons (Fsp3) is 0.484. The number of rotatable bonds is 7. The van der Waals surface area contributed by atoms with Gasteiger partial charge in [0.05, 0.1) is 37.7 Å². The van der Waals surface area contributed by atoms with Gasteiger partial charge in [0.2, 0.25) is 5.96 Å². The van der Waals surface area contributed by atoms with Crippen molar-refractivity contribution < 1.29 is 28.2 Å². The Morgan fingerprint density at radius 2 is 1.96 bits per heavy atom. The zero-order valence-corrected chi connectivity index (χ0v) is 24.9. The second-order valence-corrected chi connectivity index (χ2v) is 11.6. The Hall–Kier alpha value is -4.32. The smallest absolute Gasteiger partial charge is 0.251 e. The molecule has 4 atom stereocenters. The average molecular weight is 623 g/mol. The van der Waals surface area contributed by atoms with E-state index in [0.29, 0.717) is 17.6 Å². The first-order valence-corrected chi connectivity index (χ1v) is 15.1. The van der Waals surface area contributed by atoms with Crippen molar-refractivity contribution in [1.29, 1.82) is 5.26 Å². The van der Waals surface area contributed by atoms with Crippen LogP contribution in [0.3, 0.4) is 0 Å². The van der Waals surface area contributed by atoms with Gasteiger partial charge in [-0.25, -0.2) is 18.8 Å². The predicted octanol–water partition coefficient (Wildman–Crippen LogP) is 2.01. The number of amides is 1. The lowest BCUT2D eigenvalue weighted by Crippen LogP contribution is -2.56. The number of ether oxygens (including phenoxy) is 2. The third-order valence-electron chi connectivity index (χ3n) is 8.52. The molecule has 2 aromatic rings. The van der Waals surface area contributed by atoms with E-state index in [-0.39, 0.29) is 30.8 Å². The van der Waals surface area contributed by atoms with Gasteiger partial charge in [-0.15, -0.1) is 0 Å². The van der Waals surface area contributed by atoms with E-state index >= 15 is 4.39 Å². The summed E-state index contributed by atoms with van der Waals surface area (Å²) in [7, 11) is 0. The van der Waals surface area contributed by atoms with Crippen molar-refractivity contribution in [2.75, 3.05) is 62.7 Å². The maximum Gasteiger partial charge on any atom is 0.251 e. The van der Waals surface area contributed by atoms with Crippen molar-refractivity contribution in [2.24, 2.45) is 9.98 Å². The number of piperazine rings is 1. The van der Waals surface area contributed by atoms with Gasteiger partial charge >= 0.3 is 0 Å². The second-order valence-electron chi connectivity index (χ2n) is 11.6. The number of anilines is 2. The number of nitrogens with one attached hydrogen (secondary N) is 2. The molecular formula is C31H36F2N8O4. The summed E-state index contributed by atoms with van der Waals surface area (Å²) in [5.74, 6) is -1.38. The van der Waals surface area contributed by atoms with Crippen molar-refractivity contribution in [1.82, 2.24) is 15.1 Å². The minimum atomic E-state index is -1.62. The summed E-state index contributed by atoms with van der Waals surface area (Å²) < 4.78 is 41.2. The number of hydrogen-bond donors (Lipinski definition) is 3. The number of likely N-dealkylation sites (tertiary alicyclic amines) is 1. The zero-order valence-electron chi connectivity index (χ0n) is 24.9. The van der Waals surface area contributed by atoms with Crippen LogP contribution in [0.15, 0.2) is 46.4 Å². The molecule has 4 aliphatic rings. The van der Waals surface area contributed by atoms with Crippen LogP contribution >= 0.6 is 0 Å². The van der Waals surface area contributed by atoms with Gasteiger partial charge in [-0.1, -0.05) is 0 Å². The number of aliphatic hydroxyl groups is 1. The van der Waals surface area contributed by atoms with Gasteiger partial charge in [0.1, 0.15) is 18.3 Å². The number of carbonyl (C=O) groups is 1. The summed E-state index contributed by atoms with van der Waals surface area (Å²) in [6.45, 7) is 6.77. The van der Waals surface area contributed by atoms with Crippen LogP contribution in [0.1, 0.15) is 30.6 Å². The van der Waals surface area contributed by atoms with E-state index < -0.39 is 36.3 Å². The quantitative estimate of drug-likeness (QED) is 0.424. The van der Waals surface area contributed by atoms with Crippen LogP contribution in [0, 0.1) is 17.1 Å². The van der Waals surface area contributed by atoms with E-state index in [1.165, 1.54) is 30.3 Å². The SMILES string of the molecule is CC(O)C(=O)N1CC[C@H](Oc2c(F)cc(C3N=CNC(Nc4ccc(N5CCN(C6COC6)CC5)cc4)=N3)cc2C#N)[C@H](F)C1. The largest absolute Gasteiger partial charge is 0.483 e. The van der Waals surface area contributed by atoms with Gasteiger partial charge in [-0.3, -0.25) is 9.69 Å². The number of guanidine groups is 1. The van der Waals surface area contributed by atoms with Gasteiger partial charge in [0.15, 0.2) is 23.9 Å².